The van der Waals surface area contributed by atoms with Crippen LogP contribution < -0.4 is 4.72 Å². The Hall–Kier alpha value is -0.590. The molecule has 1 N–H and O–H groups in total. The van der Waals surface area contributed by atoms with Gasteiger partial charge in [-0.05, 0) is 65.7 Å². The number of piperidine rings is 1. The third kappa shape index (κ3) is 3.54. The molecule has 0 atom stereocenters. The standard InChI is InChI=1S/C14H21BrN2O2S/c1-10-4-6-17(7-5-10)20(18,19)16-14-12(3)8-11(2)9-13(14)15/h8-10,16H,4-7H2,1-3H3. The molecule has 0 aromatic heterocycles. The van der Waals surface area contributed by atoms with Crippen LogP contribution in [0.15, 0.2) is 16.6 Å². The van der Waals surface area contributed by atoms with Gasteiger partial charge in [-0.3, -0.25) is 4.72 Å². The Bertz CT molecular complexity index is 570. The third-order valence-corrected chi connectivity index (χ3v) is 5.88. The molecule has 1 aliphatic rings. The van der Waals surface area contributed by atoms with Crippen molar-refractivity contribution >= 4 is 31.8 Å². The van der Waals surface area contributed by atoms with E-state index in [2.05, 4.69) is 27.6 Å². The van der Waals surface area contributed by atoms with Crippen LogP contribution in [0.3, 0.4) is 0 Å². The molecule has 0 spiro atoms. The Morgan fingerprint density at radius 3 is 2.40 bits per heavy atom. The van der Waals surface area contributed by atoms with Crippen LogP contribution in [0.4, 0.5) is 5.69 Å². The minimum atomic E-state index is -3.46. The van der Waals surface area contributed by atoms with E-state index in [4.69, 9.17) is 0 Å². The topological polar surface area (TPSA) is 49.4 Å². The predicted molar refractivity (Wildman–Crippen MR) is 86.1 cm³/mol. The highest BCUT2D eigenvalue weighted by Crippen LogP contribution is 2.30. The van der Waals surface area contributed by atoms with Crippen molar-refractivity contribution in [3.63, 3.8) is 0 Å². The van der Waals surface area contributed by atoms with E-state index in [1.54, 1.807) is 4.31 Å². The molecule has 1 aliphatic heterocycles. The van der Waals surface area contributed by atoms with Crippen LogP contribution in [-0.4, -0.2) is 25.8 Å². The van der Waals surface area contributed by atoms with Gasteiger partial charge in [0.25, 0.3) is 0 Å². The van der Waals surface area contributed by atoms with Gasteiger partial charge in [0, 0.05) is 17.6 Å². The summed E-state index contributed by atoms with van der Waals surface area (Å²) in [4.78, 5) is 0. The molecule has 0 unspecified atom stereocenters. The average molecular weight is 361 g/mol. The SMILES string of the molecule is Cc1cc(C)c(NS(=O)(=O)N2CCC(C)CC2)c(Br)c1. The summed E-state index contributed by atoms with van der Waals surface area (Å²) in [6.45, 7) is 7.26. The smallest absolute Gasteiger partial charge is 0.269 e. The summed E-state index contributed by atoms with van der Waals surface area (Å²) < 4.78 is 29.9. The number of hydrogen-bond acceptors (Lipinski definition) is 2. The minimum Gasteiger partial charge on any atom is -0.269 e. The van der Waals surface area contributed by atoms with Crippen LogP contribution in [0.25, 0.3) is 0 Å². The number of nitrogens with zero attached hydrogens (tertiary/aromatic N) is 1. The molecule has 0 bridgehead atoms. The molecule has 1 saturated heterocycles. The monoisotopic (exact) mass is 360 g/mol. The van der Waals surface area contributed by atoms with Crippen molar-refractivity contribution in [1.29, 1.82) is 0 Å². The first kappa shape index (κ1) is 15.8. The maximum atomic E-state index is 12.4. The third-order valence-electron chi connectivity index (χ3n) is 3.75. The molecule has 0 amide bonds. The van der Waals surface area contributed by atoms with E-state index >= 15 is 0 Å². The van der Waals surface area contributed by atoms with Crippen LogP contribution in [0.5, 0.6) is 0 Å². The van der Waals surface area contributed by atoms with Crippen molar-refractivity contribution in [2.75, 3.05) is 17.8 Å². The lowest BCUT2D eigenvalue weighted by Gasteiger charge is -2.30. The molecule has 4 nitrogen and oxygen atoms in total. The number of benzene rings is 1. The molecule has 2 rings (SSSR count). The van der Waals surface area contributed by atoms with E-state index in [0.29, 0.717) is 24.7 Å². The molecule has 20 heavy (non-hydrogen) atoms. The molecule has 1 fully saturated rings. The van der Waals surface area contributed by atoms with Crippen molar-refractivity contribution in [3.05, 3.63) is 27.7 Å². The second-order valence-electron chi connectivity index (χ2n) is 5.63. The first-order valence-corrected chi connectivity index (χ1v) is 9.07. The Labute approximate surface area is 129 Å². The predicted octanol–water partition coefficient (Wildman–Crippen LogP) is 3.45. The first-order chi connectivity index (χ1) is 9.29. The van der Waals surface area contributed by atoms with Gasteiger partial charge in [-0.1, -0.05) is 13.0 Å². The molecule has 1 aromatic carbocycles. The van der Waals surface area contributed by atoms with Gasteiger partial charge in [0.1, 0.15) is 0 Å². The first-order valence-electron chi connectivity index (χ1n) is 6.84. The van der Waals surface area contributed by atoms with Gasteiger partial charge in [0.15, 0.2) is 0 Å². The lowest BCUT2D eigenvalue weighted by Crippen LogP contribution is -2.41. The van der Waals surface area contributed by atoms with Crippen LogP contribution in [0.1, 0.15) is 30.9 Å². The number of hydrogen-bond donors (Lipinski definition) is 1. The number of aryl methyl sites for hydroxylation is 2. The zero-order valence-corrected chi connectivity index (χ0v) is 14.5. The van der Waals surface area contributed by atoms with E-state index in [1.807, 2.05) is 26.0 Å². The van der Waals surface area contributed by atoms with Crippen molar-refractivity contribution < 1.29 is 8.42 Å². The molecule has 1 aromatic rings. The lowest BCUT2D eigenvalue weighted by molar-refractivity contribution is 0.289. The summed E-state index contributed by atoms with van der Waals surface area (Å²) in [6.07, 6.45) is 1.85. The van der Waals surface area contributed by atoms with Gasteiger partial charge in [-0.15, -0.1) is 0 Å². The van der Waals surface area contributed by atoms with Crippen LogP contribution >= 0.6 is 15.9 Å². The summed E-state index contributed by atoms with van der Waals surface area (Å²) in [5.74, 6) is 0.606. The molecule has 112 valence electrons. The number of halogens is 1. The van der Waals surface area contributed by atoms with Gasteiger partial charge in [0.05, 0.1) is 5.69 Å². The van der Waals surface area contributed by atoms with Gasteiger partial charge < -0.3 is 0 Å². The molecular weight excluding hydrogens is 340 g/mol. The van der Waals surface area contributed by atoms with Gasteiger partial charge in [-0.25, -0.2) is 0 Å². The average Bonchev–Trinajstić information content (AvgIpc) is 2.34. The van der Waals surface area contributed by atoms with Crippen molar-refractivity contribution in [1.82, 2.24) is 4.31 Å². The van der Waals surface area contributed by atoms with E-state index in [-0.39, 0.29) is 0 Å². The van der Waals surface area contributed by atoms with E-state index in [9.17, 15) is 8.42 Å². The molecule has 6 heteroatoms. The Balaban J connectivity index is 2.21. The van der Waals surface area contributed by atoms with Crippen LogP contribution in [-0.2, 0) is 10.2 Å². The summed E-state index contributed by atoms with van der Waals surface area (Å²) >= 11 is 3.44. The zero-order chi connectivity index (χ0) is 14.9. The number of rotatable bonds is 3. The van der Waals surface area contributed by atoms with Crippen LogP contribution in [0.2, 0.25) is 0 Å². The molecule has 1 heterocycles. The molecule has 0 saturated carbocycles. The second kappa shape index (κ2) is 6.03. The maximum absolute atomic E-state index is 12.4. The Kier molecular flexibility index (Phi) is 4.76. The zero-order valence-electron chi connectivity index (χ0n) is 12.1. The summed E-state index contributed by atoms with van der Waals surface area (Å²) in [7, 11) is -3.46. The van der Waals surface area contributed by atoms with Crippen molar-refractivity contribution in [2.45, 2.75) is 33.6 Å². The fourth-order valence-corrected chi connectivity index (χ4v) is 4.72. The summed E-state index contributed by atoms with van der Waals surface area (Å²) in [5.41, 5.74) is 2.66. The molecule has 0 radical (unpaired) electrons. The number of anilines is 1. The highest BCUT2D eigenvalue weighted by molar-refractivity contribution is 9.10. The van der Waals surface area contributed by atoms with Gasteiger partial charge >= 0.3 is 10.2 Å². The Morgan fingerprint density at radius 1 is 1.25 bits per heavy atom. The lowest BCUT2D eigenvalue weighted by atomic mass is 10.0. The largest absolute Gasteiger partial charge is 0.301 e. The second-order valence-corrected chi connectivity index (χ2v) is 8.15. The van der Waals surface area contributed by atoms with E-state index in [1.165, 1.54) is 0 Å². The molecular formula is C14H21BrN2O2S. The summed E-state index contributed by atoms with van der Waals surface area (Å²) in [6, 6.07) is 3.89. The van der Waals surface area contributed by atoms with Crippen LogP contribution in [0, 0.1) is 19.8 Å². The van der Waals surface area contributed by atoms with Crippen molar-refractivity contribution in [2.24, 2.45) is 5.92 Å². The van der Waals surface area contributed by atoms with Gasteiger partial charge in [-0.2, -0.15) is 12.7 Å². The molecule has 0 aliphatic carbocycles. The quantitative estimate of drug-likeness (QED) is 0.897. The van der Waals surface area contributed by atoms with E-state index in [0.717, 1.165) is 28.4 Å². The van der Waals surface area contributed by atoms with E-state index < -0.39 is 10.2 Å². The minimum absolute atomic E-state index is 0.596. The normalized spacial score (nSPS) is 18.2. The Morgan fingerprint density at radius 2 is 1.85 bits per heavy atom. The summed E-state index contributed by atoms with van der Waals surface area (Å²) in [5, 5.41) is 0. The fourth-order valence-electron chi connectivity index (χ4n) is 2.46. The number of nitrogens with one attached hydrogen (secondary N) is 1. The fraction of sp³-hybridized carbons (Fsp3) is 0.571. The van der Waals surface area contributed by atoms with Gasteiger partial charge in [0.2, 0.25) is 0 Å². The highest BCUT2D eigenvalue weighted by Gasteiger charge is 2.27. The highest BCUT2D eigenvalue weighted by atomic mass is 79.9. The van der Waals surface area contributed by atoms with Crippen molar-refractivity contribution in [3.8, 4) is 0 Å². The maximum Gasteiger partial charge on any atom is 0.301 e.